The molecule has 16 heavy (non-hydrogen) atoms. The van der Waals surface area contributed by atoms with Gasteiger partial charge in [0.1, 0.15) is 0 Å². The highest BCUT2D eigenvalue weighted by molar-refractivity contribution is 5.80. The Hall–Kier alpha value is -2.04. The van der Waals surface area contributed by atoms with E-state index in [-0.39, 0.29) is 5.91 Å². The summed E-state index contributed by atoms with van der Waals surface area (Å²) in [7, 11) is 0. The lowest BCUT2D eigenvalue weighted by Gasteiger charge is -2.04. The Morgan fingerprint density at radius 3 is 2.44 bits per heavy atom. The van der Waals surface area contributed by atoms with Gasteiger partial charge in [-0.3, -0.25) is 10.2 Å². The fourth-order valence-electron chi connectivity index (χ4n) is 1.29. The molecular formula is C11H15N3O2. The third-order valence-corrected chi connectivity index (χ3v) is 2.04. The zero-order chi connectivity index (χ0) is 11.8. The molecule has 0 aliphatic heterocycles. The lowest BCUT2D eigenvalue weighted by molar-refractivity contribution is -0.121. The Labute approximate surface area is 94.0 Å². The van der Waals surface area contributed by atoms with Gasteiger partial charge in [-0.25, -0.2) is 10.2 Å². The molecule has 0 aliphatic carbocycles. The molecule has 0 heterocycles. The summed E-state index contributed by atoms with van der Waals surface area (Å²) in [4.78, 5) is 21.5. The molecule has 0 bridgehead atoms. The average molecular weight is 221 g/mol. The molecule has 0 unspecified atom stereocenters. The Morgan fingerprint density at radius 1 is 1.12 bits per heavy atom. The van der Waals surface area contributed by atoms with Crippen molar-refractivity contribution in [3.8, 4) is 0 Å². The summed E-state index contributed by atoms with van der Waals surface area (Å²) in [5.41, 5.74) is 10.2. The van der Waals surface area contributed by atoms with Crippen molar-refractivity contribution in [2.45, 2.75) is 19.3 Å². The van der Waals surface area contributed by atoms with E-state index < -0.39 is 6.03 Å². The maximum atomic E-state index is 11.2. The Bertz CT molecular complexity index is 352. The van der Waals surface area contributed by atoms with Crippen molar-refractivity contribution in [3.05, 3.63) is 35.9 Å². The molecule has 86 valence electrons. The van der Waals surface area contributed by atoms with Crippen LogP contribution in [0, 0.1) is 0 Å². The number of hydrogen-bond acceptors (Lipinski definition) is 2. The van der Waals surface area contributed by atoms with Gasteiger partial charge in [-0.15, -0.1) is 0 Å². The van der Waals surface area contributed by atoms with Crippen LogP contribution < -0.4 is 16.6 Å². The number of carbonyl (C=O) groups is 2. The van der Waals surface area contributed by atoms with Crippen LogP contribution in [0.5, 0.6) is 0 Å². The van der Waals surface area contributed by atoms with Crippen LogP contribution >= 0.6 is 0 Å². The van der Waals surface area contributed by atoms with Crippen molar-refractivity contribution in [2.75, 3.05) is 0 Å². The van der Waals surface area contributed by atoms with E-state index in [4.69, 9.17) is 5.73 Å². The minimum Gasteiger partial charge on any atom is -0.350 e. The largest absolute Gasteiger partial charge is 0.350 e. The predicted octanol–water partition coefficient (Wildman–Crippen LogP) is 0.709. The number of primary amides is 1. The van der Waals surface area contributed by atoms with Gasteiger partial charge in [0.15, 0.2) is 0 Å². The van der Waals surface area contributed by atoms with Gasteiger partial charge in [0.25, 0.3) is 0 Å². The zero-order valence-corrected chi connectivity index (χ0v) is 8.90. The standard InChI is InChI=1S/C11H15N3O2/c12-11(16)14-13-10(15)8-4-7-9-5-2-1-3-6-9/h1-3,5-6H,4,7-8H2,(H,13,15)(H3,12,14,16). The van der Waals surface area contributed by atoms with Crippen molar-refractivity contribution >= 4 is 11.9 Å². The monoisotopic (exact) mass is 221 g/mol. The van der Waals surface area contributed by atoms with Crippen LogP contribution in [0.2, 0.25) is 0 Å². The lowest BCUT2D eigenvalue weighted by atomic mass is 10.1. The summed E-state index contributed by atoms with van der Waals surface area (Å²) >= 11 is 0. The smallest absolute Gasteiger partial charge is 0.330 e. The van der Waals surface area contributed by atoms with Crippen LogP contribution in [-0.4, -0.2) is 11.9 Å². The number of nitrogens with one attached hydrogen (secondary N) is 2. The fourth-order valence-corrected chi connectivity index (χ4v) is 1.29. The van der Waals surface area contributed by atoms with Crippen molar-refractivity contribution < 1.29 is 9.59 Å². The van der Waals surface area contributed by atoms with E-state index in [0.29, 0.717) is 6.42 Å². The average Bonchev–Trinajstić information content (AvgIpc) is 2.28. The summed E-state index contributed by atoms with van der Waals surface area (Å²) < 4.78 is 0. The van der Waals surface area contributed by atoms with Gasteiger partial charge >= 0.3 is 6.03 Å². The third kappa shape index (κ3) is 4.99. The Morgan fingerprint density at radius 2 is 1.81 bits per heavy atom. The first-order valence-corrected chi connectivity index (χ1v) is 5.06. The molecule has 0 saturated heterocycles. The topological polar surface area (TPSA) is 84.2 Å². The SMILES string of the molecule is NC(=O)NNC(=O)CCCc1ccccc1. The number of aryl methyl sites for hydroxylation is 1. The van der Waals surface area contributed by atoms with E-state index >= 15 is 0 Å². The number of amides is 3. The normalized spacial score (nSPS) is 9.50. The van der Waals surface area contributed by atoms with E-state index in [1.807, 2.05) is 35.8 Å². The summed E-state index contributed by atoms with van der Waals surface area (Å²) in [6, 6.07) is 9.14. The first-order chi connectivity index (χ1) is 7.68. The highest BCUT2D eigenvalue weighted by atomic mass is 16.2. The second kappa shape index (κ2) is 6.44. The molecule has 5 heteroatoms. The third-order valence-electron chi connectivity index (χ3n) is 2.04. The van der Waals surface area contributed by atoms with Gasteiger partial charge < -0.3 is 5.73 Å². The van der Waals surface area contributed by atoms with Crippen LogP contribution in [0.15, 0.2) is 30.3 Å². The minimum atomic E-state index is -0.767. The molecule has 1 rings (SSSR count). The summed E-state index contributed by atoms with van der Waals surface area (Å²) in [5.74, 6) is -0.241. The Kier molecular flexibility index (Phi) is 4.85. The molecule has 0 radical (unpaired) electrons. The number of nitrogens with two attached hydrogens (primary N) is 1. The van der Waals surface area contributed by atoms with Crippen LogP contribution in [-0.2, 0) is 11.2 Å². The number of carbonyl (C=O) groups excluding carboxylic acids is 2. The van der Waals surface area contributed by atoms with Gasteiger partial charge in [0.2, 0.25) is 5.91 Å². The number of hydrazine groups is 1. The molecule has 0 aromatic heterocycles. The molecule has 0 atom stereocenters. The maximum absolute atomic E-state index is 11.2. The first-order valence-electron chi connectivity index (χ1n) is 5.06. The highest BCUT2D eigenvalue weighted by Crippen LogP contribution is 2.03. The first kappa shape index (κ1) is 12.0. The van der Waals surface area contributed by atoms with Crippen LogP contribution in [0.1, 0.15) is 18.4 Å². The summed E-state index contributed by atoms with van der Waals surface area (Å²) in [5, 5.41) is 0. The summed E-state index contributed by atoms with van der Waals surface area (Å²) in [6.45, 7) is 0. The lowest BCUT2D eigenvalue weighted by Crippen LogP contribution is -2.44. The molecule has 0 fully saturated rings. The van der Waals surface area contributed by atoms with Crippen molar-refractivity contribution in [1.82, 2.24) is 10.9 Å². The molecule has 4 N–H and O–H groups in total. The van der Waals surface area contributed by atoms with Gasteiger partial charge in [-0.05, 0) is 18.4 Å². The second-order valence-electron chi connectivity index (χ2n) is 3.38. The van der Waals surface area contributed by atoms with Crippen LogP contribution in [0.3, 0.4) is 0 Å². The molecule has 5 nitrogen and oxygen atoms in total. The quantitative estimate of drug-likeness (QED) is 0.654. The number of benzene rings is 1. The van der Waals surface area contributed by atoms with Crippen molar-refractivity contribution in [1.29, 1.82) is 0 Å². The molecule has 0 spiro atoms. The van der Waals surface area contributed by atoms with E-state index in [0.717, 1.165) is 12.8 Å². The molecular weight excluding hydrogens is 206 g/mol. The van der Waals surface area contributed by atoms with Crippen molar-refractivity contribution in [3.63, 3.8) is 0 Å². The number of hydrogen-bond donors (Lipinski definition) is 3. The number of rotatable bonds is 4. The minimum absolute atomic E-state index is 0.241. The number of urea groups is 1. The molecule has 3 amide bonds. The van der Waals surface area contributed by atoms with E-state index in [2.05, 4.69) is 5.43 Å². The van der Waals surface area contributed by atoms with Gasteiger partial charge in [0, 0.05) is 6.42 Å². The fraction of sp³-hybridized carbons (Fsp3) is 0.273. The van der Waals surface area contributed by atoms with Gasteiger partial charge in [-0.2, -0.15) is 0 Å². The zero-order valence-electron chi connectivity index (χ0n) is 8.90. The second-order valence-corrected chi connectivity index (χ2v) is 3.38. The van der Waals surface area contributed by atoms with Crippen LogP contribution in [0.4, 0.5) is 4.79 Å². The molecule has 0 saturated carbocycles. The molecule has 0 aliphatic rings. The predicted molar refractivity (Wildman–Crippen MR) is 60.2 cm³/mol. The van der Waals surface area contributed by atoms with Gasteiger partial charge in [-0.1, -0.05) is 30.3 Å². The maximum Gasteiger partial charge on any atom is 0.330 e. The van der Waals surface area contributed by atoms with Gasteiger partial charge in [0.05, 0.1) is 0 Å². The van der Waals surface area contributed by atoms with E-state index in [1.54, 1.807) is 0 Å². The van der Waals surface area contributed by atoms with Crippen LogP contribution in [0.25, 0.3) is 0 Å². The highest BCUT2D eigenvalue weighted by Gasteiger charge is 2.01. The molecule has 1 aromatic rings. The molecule has 1 aromatic carbocycles. The van der Waals surface area contributed by atoms with Crippen molar-refractivity contribution in [2.24, 2.45) is 5.73 Å². The van der Waals surface area contributed by atoms with E-state index in [9.17, 15) is 9.59 Å². The van der Waals surface area contributed by atoms with E-state index in [1.165, 1.54) is 5.56 Å². The Balaban J connectivity index is 2.16. The summed E-state index contributed by atoms with van der Waals surface area (Å²) in [6.07, 6.45) is 1.93.